The molecule has 4 aromatic carbocycles. The molecule has 1 atom stereocenters. The highest BCUT2D eigenvalue weighted by Crippen LogP contribution is 2.37. The maximum absolute atomic E-state index is 6.83. The zero-order chi connectivity index (χ0) is 20.9. The molecule has 0 fully saturated rings. The van der Waals surface area contributed by atoms with Gasteiger partial charge >= 0.3 is 0 Å². The van der Waals surface area contributed by atoms with Gasteiger partial charge in [-0.1, -0.05) is 97.1 Å². The number of hydrogen-bond acceptors (Lipinski definition) is 1. The van der Waals surface area contributed by atoms with Crippen molar-refractivity contribution in [2.75, 3.05) is 0 Å². The summed E-state index contributed by atoms with van der Waals surface area (Å²) in [4.78, 5) is 0. The molecule has 150 valence electrons. The highest BCUT2D eigenvalue weighted by Gasteiger charge is 2.41. The van der Waals surface area contributed by atoms with Gasteiger partial charge in [0.15, 0.2) is 0 Å². The van der Waals surface area contributed by atoms with Crippen LogP contribution in [-0.4, -0.2) is 0 Å². The standard InChI is InChI=1S/C29H23NO/c1-5-13-23(14-6-1)25-21-28(24-15-7-2-8-16-24)31-29(22-25,26-17-9-3-10-18-26)30-27-19-11-4-12-20-27/h1-22,30H/p+1. The zero-order valence-electron chi connectivity index (χ0n) is 17.2. The second-order valence-electron chi connectivity index (χ2n) is 7.66. The topological polar surface area (TPSA) is 25.8 Å². The van der Waals surface area contributed by atoms with Crippen LogP contribution in [0.15, 0.2) is 133 Å². The Morgan fingerprint density at radius 2 is 1.06 bits per heavy atom. The van der Waals surface area contributed by atoms with E-state index in [1.165, 1.54) is 5.56 Å². The molecule has 4 aromatic rings. The van der Waals surface area contributed by atoms with Crippen molar-refractivity contribution in [2.24, 2.45) is 0 Å². The Morgan fingerprint density at radius 3 is 1.68 bits per heavy atom. The monoisotopic (exact) mass is 402 g/mol. The molecule has 31 heavy (non-hydrogen) atoms. The Kier molecular flexibility index (Phi) is 5.22. The number of para-hydroxylation sites is 1. The van der Waals surface area contributed by atoms with Crippen LogP contribution in [0.4, 0.5) is 5.69 Å². The average molecular weight is 403 g/mol. The third-order valence-corrected chi connectivity index (χ3v) is 5.51. The lowest BCUT2D eigenvalue weighted by molar-refractivity contribution is -0.695. The number of ether oxygens (including phenoxy) is 1. The second kappa shape index (κ2) is 8.47. The first-order valence-electron chi connectivity index (χ1n) is 10.5. The first kappa shape index (κ1) is 19.1. The van der Waals surface area contributed by atoms with E-state index in [1.807, 2.05) is 36.4 Å². The minimum Gasteiger partial charge on any atom is -0.432 e. The fourth-order valence-electron chi connectivity index (χ4n) is 3.99. The molecule has 0 saturated carbocycles. The van der Waals surface area contributed by atoms with Gasteiger partial charge in [-0.3, -0.25) is 5.32 Å². The fourth-order valence-corrected chi connectivity index (χ4v) is 3.99. The molecule has 5 rings (SSSR count). The van der Waals surface area contributed by atoms with Crippen LogP contribution in [0.1, 0.15) is 16.7 Å². The summed E-state index contributed by atoms with van der Waals surface area (Å²) >= 11 is 0. The SMILES string of the molecule is C1=C(c2ccccc2)C=C(c2ccccc2)OC1([NH2+]c1ccccc1)c1ccccc1. The van der Waals surface area contributed by atoms with Gasteiger partial charge in [0.05, 0.1) is 5.56 Å². The fraction of sp³-hybridized carbons (Fsp3) is 0.0345. The van der Waals surface area contributed by atoms with Gasteiger partial charge in [0, 0.05) is 11.6 Å². The first-order chi connectivity index (χ1) is 15.3. The van der Waals surface area contributed by atoms with E-state index < -0.39 is 5.72 Å². The maximum atomic E-state index is 6.83. The van der Waals surface area contributed by atoms with Gasteiger partial charge in [-0.15, -0.1) is 0 Å². The number of allylic oxidation sites excluding steroid dienone is 2. The summed E-state index contributed by atoms with van der Waals surface area (Å²) in [5, 5.41) is 2.21. The summed E-state index contributed by atoms with van der Waals surface area (Å²) in [7, 11) is 0. The molecule has 2 N–H and O–H groups in total. The number of nitrogens with two attached hydrogens (primary N) is 1. The minimum atomic E-state index is -0.728. The summed E-state index contributed by atoms with van der Waals surface area (Å²) in [6.45, 7) is 0. The van der Waals surface area contributed by atoms with E-state index in [2.05, 4.69) is 102 Å². The number of quaternary nitrogens is 1. The van der Waals surface area contributed by atoms with Crippen LogP contribution in [0.3, 0.4) is 0 Å². The quantitative estimate of drug-likeness (QED) is 0.414. The molecule has 1 heterocycles. The lowest BCUT2D eigenvalue weighted by Gasteiger charge is -2.34. The van der Waals surface area contributed by atoms with Crippen LogP contribution >= 0.6 is 0 Å². The van der Waals surface area contributed by atoms with Gasteiger partial charge in [0.25, 0.3) is 5.72 Å². The minimum absolute atomic E-state index is 0.728. The molecular weight excluding hydrogens is 378 g/mol. The molecule has 0 radical (unpaired) electrons. The predicted octanol–water partition coefficient (Wildman–Crippen LogP) is 5.89. The number of benzene rings is 4. The summed E-state index contributed by atoms with van der Waals surface area (Å²) in [6.07, 6.45) is 4.38. The Bertz CT molecular complexity index is 1200. The molecule has 0 amide bonds. The lowest BCUT2D eigenvalue weighted by Crippen LogP contribution is -2.90. The Labute approximate surface area is 183 Å². The van der Waals surface area contributed by atoms with Crippen molar-refractivity contribution in [1.82, 2.24) is 0 Å². The van der Waals surface area contributed by atoms with Crippen molar-refractivity contribution >= 4 is 17.0 Å². The van der Waals surface area contributed by atoms with E-state index in [9.17, 15) is 0 Å². The van der Waals surface area contributed by atoms with E-state index >= 15 is 0 Å². The van der Waals surface area contributed by atoms with Gasteiger partial charge in [-0.25, -0.2) is 0 Å². The first-order valence-corrected chi connectivity index (χ1v) is 10.5. The van der Waals surface area contributed by atoms with Crippen molar-refractivity contribution in [2.45, 2.75) is 5.72 Å². The van der Waals surface area contributed by atoms with Gasteiger partial charge in [-0.05, 0) is 41.5 Å². The predicted molar refractivity (Wildman–Crippen MR) is 126 cm³/mol. The Morgan fingerprint density at radius 1 is 0.548 bits per heavy atom. The van der Waals surface area contributed by atoms with Crippen LogP contribution in [0.25, 0.3) is 11.3 Å². The van der Waals surface area contributed by atoms with E-state index in [0.717, 1.165) is 28.1 Å². The average Bonchev–Trinajstić information content (AvgIpc) is 2.86. The van der Waals surface area contributed by atoms with Crippen molar-refractivity contribution in [3.8, 4) is 0 Å². The van der Waals surface area contributed by atoms with Crippen LogP contribution in [0, 0.1) is 0 Å². The Hall–Kier alpha value is -3.88. The summed E-state index contributed by atoms with van der Waals surface area (Å²) in [5.41, 5.74) is 4.85. The Balaban J connectivity index is 1.70. The van der Waals surface area contributed by atoms with Gasteiger partial charge in [0.2, 0.25) is 0 Å². The van der Waals surface area contributed by atoms with Crippen LogP contribution in [0.5, 0.6) is 0 Å². The molecule has 0 bridgehead atoms. The van der Waals surface area contributed by atoms with Crippen molar-refractivity contribution in [3.05, 3.63) is 150 Å². The smallest absolute Gasteiger partial charge is 0.292 e. The maximum Gasteiger partial charge on any atom is 0.292 e. The molecule has 0 aliphatic carbocycles. The van der Waals surface area contributed by atoms with Gasteiger partial charge in [-0.2, -0.15) is 0 Å². The molecule has 0 spiro atoms. The normalized spacial score (nSPS) is 17.9. The summed E-state index contributed by atoms with van der Waals surface area (Å²) in [6, 6.07) is 41.6. The largest absolute Gasteiger partial charge is 0.432 e. The molecule has 0 saturated heterocycles. The molecule has 2 heteroatoms. The van der Waals surface area contributed by atoms with Crippen LogP contribution < -0.4 is 5.32 Å². The number of rotatable bonds is 5. The van der Waals surface area contributed by atoms with Crippen molar-refractivity contribution in [1.29, 1.82) is 0 Å². The molecule has 0 aromatic heterocycles. The van der Waals surface area contributed by atoms with E-state index in [1.54, 1.807) is 0 Å². The van der Waals surface area contributed by atoms with E-state index in [0.29, 0.717) is 0 Å². The highest BCUT2D eigenvalue weighted by atomic mass is 16.5. The summed E-state index contributed by atoms with van der Waals surface area (Å²) < 4.78 is 6.83. The lowest BCUT2D eigenvalue weighted by atomic mass is 9.92. The van der Waals surface area contributed by atoms with E-state index in [4.69, 9.17) is 4.74 Å². The molecular formula is C29H24NO+. The molecule has 1 aliphatic rings. The number of hydrogen-bond donors (Lipinski definition) is 1. The second-order valence-corrected chi connectivity index (χ2v) is 7.66. The van der Waals surface area contributed by atoms with Gasteiger partial charge in [0.1, 0.15) is 11.4 Å². The highest BCUT2D eigenvalue weighted by molar-refractivity contribution is 5.84. The molecule has 1 aliphatic heterocycles. The molecule has 2 nitrogen and oxygen atoms in total. The third kappa shape index (κ3) is 4.07. The third-order valence-electron chi connectivity index (χ3n) is 5.51. The van der Waals surface area contributed by atoms with E-state index in [-0.39, 0.29) is 0 Å². The molecule has 1 unspecified atom stereocenters. The van der Waals surface area contributed by atoms with Crippen molar-refractivity contribution in [3.63, 3.8) is 0 Å². The zero-order valence-corrected chi connectivity index (χ0v) is 17.2. The van der Waals surface area contributed by atoms with Crippen LogP contribution in [0.2, 0.25) is 0 Å². The van der Waals surface area contributed by atoms with Gasteiger partial charge < -0.3 is 4.74 Å². The van der Waals surface area contributed by atoms with Crippen molar-refractivity contribution < 1.29 is 10.1 Å². The van der Waals surface area contributed by atoms with Crippen LogP contribution in [-0.2, 0) is 10.5 Å². The summed E-state index contributed by atoms with van der Waals surface area (Å²) in [5.74, 6) is 0.859.